The van der Waals surface area contributed by atoms with E-state index in [-0.39, 0.29) is 0 Å². The molecular weight excluding hydrogens is 292 g/mol. The Morgan fingerprint density at radius 2 is 1.82 bits per heavy atom. The Bertz CT molecular complexity index is 354. The molecule has 0 aromatic heterocycles. The molecule has 3 saturated carbocycles. The molecule has 3 rings (SSSR count). The Kier molecular flexibility index (Phi) is 2.81. The summed E-state index contributed by atoms with van der Waals surface area (Å²) >= 11 is 9.83. The van der Waals surface area contributed by atoms with Crippen LogP contribution >= 0.6 is 28.1 Å². The molecule has 0 nitrogen and oxygen atoms in total. The van der Waals surface area contributed by atoms with Gasteiger partial charge in [-0.15, -0.1) is 0 Å². The fourth-order valence-electron chi connectivity index (χ4n) is 5.47. The minimum absolute atomic E-state index is 0.324. The maximum absolute atomic E-state index is 6.03. The molecule has 2 atom stereocenters. The molecule has 0 aromatic rings. The predicted octanol–water partition coefficient (Wildman–Crippen LogP) is 5.14. The van der Waals surface area contributed by atoms with Gasteiger partial charge in [0.2, 0.25) is 0 Å². The zero-order chi connectivity index (χ0) is 12.3. The normalized spacial score (nSPS) is 42.3. The van der Waals surface area contributed by atoms with Crippen LogP contribution in [0.4, 0.5) is 0 Å². The summed E-state index contributed by atoms with van der Waals surface area (Å²) in [7, 11) is 0. The lowest BCUT2D eigenvalue weighted by Gasteiger charge is -2.43. The number of hydrogen-bond acceptors (Lipinski definition) is 1. The molecule has 3 aliphatic carbocycles. The topological polar surface area (TPSA) is 0 Å². The van der Waals surface area contributed by atoms with E-state index in [0.29, 0.717) is 16.2 Å². The van der Waals surface area contributed by atoms with Crippen LogP contribution in [0, 0.1) is 22.2 Å². The Labute approximate surface area is 119 Å². The molecule has 2 bridgehead atoms. The van der Waals surface area contributed by atoms with Crippen LogP contribution in [0.25, 0.3) is 0 Å². The zero-order valence-corrected chi connectivity index (χ0v) is 13.4. The molecule has 2 unspecified atom stereocenters. The monoisotopic (exact) mass is 314 g/mol. The van der Waals surface area contributed by atoms with Gasteiger partial charge in [0.1, 0.15) is 0 Å². The van der Waals surface area contributed by atoms with Crippen LogP contribution in [0.1, 0.15) is 58.8 Å². The maximum atomic E-state index is 6.03. The Balaban J connectivity index is 2.08. The zero-order valence-electron chi connectivity index (χ0n) is 11.0. The van der Waals surface area contributed by atoms with Crippen molar-refractivity contribution < 1.29 is 0 Å². The van der Waals surface area contributed by atoms with Gasteiger partial charge in [0.05, 0.1) is 0 Å². The number of rotatable bonds is 1. The highest BCUT2D eigenvalue weighted by Crippen LogP contribution is 2.73. The number of thiocarbonyl (C=S) groups is 1. The van der Waals surface area contributed by atoms with E-state index in [0.717, 1.165) is 11.2 Å². The second-order valence-corrected chi connectivity index (χ2v) is 8.04. The van der Waals surface area contributed by atoms with Gasteiger partial charge in [-0.1, -0.05) is 61.3 Å². The van der Waals surface area contributed by atoms with Crippen molar-refractivity contribution in [3.05, 3.63) is 0 Å². The van der Waals surface area contributed by atoms with E-state index >= 15 is 0 Å². The summed E-state index contributed by atoms with van der Waals surface area (Å²) in [5.41, 5.74) is 1.19. The number of halogens is 1. The van der Waals surface area contributed by atoms with Crippen LogP contribution in [-0.4, -0.2) is 10.2 Å². The second-order valence-electron chi connectivity index (χ2n) is 7.07. The fourth-order valence-corrected chi connectivity index (χ4v) is 7.73. The summed E-state index contributed by atoms with van der Waals surface area (Å²) in [6, 6.07) is 0. The molecular formula is C15H23BrS. The second kappa shape index (κ2) is 3.79. The van der Waals surface area contributed by atoms with Gasteiger partial charge in [-0.3, -0.25) is 0 Å². The molecule has 2 heteroatoms. The van der Waals surface area contributed by atoms with E-state index in [2.05, 4.69) is 29.8 Å². The number of hydrogen-bond donors (Lipinski definition) is 0. The molecule has 3 fully saturated rings. The average Bonchev–Trinajstić information content (AvgIpc) is 2.66. The largest absolute Gasteiger partial charge is 0.0918 e. The SMILES string of the molecule is CC1(C)C2CCC1(CBr)C(=S)C21CCCCC1. The van der Waals surface area contributed by atoms with Crippen molar-refractivity contribution in [2.24, 2.45) is 22.2 Å². The van der Waals surface area contributed by atoms with E-state index in [9.17, 15) is 0 Å². The first-order valence-corrected chi connectivity index (χ1v) is 8.65. The van der Waals surface area contributed by atoms with Crippen LogP contribution < -0.4 is 0 Å². The Morgan fingerprint density at radius 1 is 1.18 bits per heavy atom. The van der Waals surface area contributed by atoms with Gasteiger partial charge in [-0.05, 0) is 37.0 Å². The number of alkyl halides is 1. The van der Waals surface area contributed by atoms with Crippen molar-refractivity contribution in [1.82, 2.24) is 0 Å². The van der Waals surface area contributed by atoms with Crippen molar-refractivity contribution in [2.45, 2.75) is 58.8 Å². The maximum Gasteiger partial charge on any atom is 0.0173 e. The van der Waals surface area contributed by atoms with Gasteiger partial charge < -0.3 is 0 Å². The van der Waals surface area contributed by atoms with E-state index in [1.54, 1.807) is 0 Å². The summed E-state index contributed by atoms with van der Waals surface area (Å²) in [5, 5.41) is 1.09. The molecule has 0 heterocycles. The molecule has 96 valence electrons. The summed E-state index contributed by atoms with van der Waals surface area (Å²) in [5.74, 6) is 0.861. The van der Waals surface area contributed by atoms with Crippen molar-refractivity contribution >= 4 is 33.0 Å². The molecule has 0 aromatic carbocycles. The molecule has 0 N–H and O–H groups in total. The number of fused-ring (bicyclic) bond motifs is 3. The first-order chi connectivity index (χ1) is 8.01. The highest BCUT2D eigenvalue weighted by atomic mass is 79.9. The van der Waals surface area contributed by atoms with Crippen LogP contribution in [0.2, 0.25) is 0 Å². The molecule has 0 radical (unpaired) electrons. The molecule has 0 saturated heterocycles. The van der Waals surface area contributed by atoms with Gasteiger partial charge in [-0.2, -0.15) is 0 Å². The van der Waals surface area contributed by atoms with Gasteiger partial charge in [0, 0.05) is 21.0 Å². The van der Waals surface area contributed by atoms with Crippen molar-refractivity contribution in [3.8, 4) is 0 Å². The lowest BCUT2D eigenvalue weighted by Crippen LogP contribution is -2.42. The van der Waals surface area contributed by atoms with Gasteiger partial charge in [0.25, 0.3) is 0 Å². The predicted molar refractivity (Wildman–Crippen MR) is 80.8 cm³/mol. The van der Waals surface area contributed by atoms with Crippen LogP contribution in [0.5, 0.6) is 0 Å². The fraction of sp³-hybridized carbons (Fsp3) is 0.933. The highest BCUT2D eigenvalue weighted by Gasteiger charge is 2.71. The minimum Gasteiger partial charge on any atom is -0.0918 e. The van der Waals surface area contributed by atoms with Gasteiger partial charge in [-0.25, -0.2) is 0 Å². The lowest BCUT2D eigenvalue weighted by molar-refractivity contribution is 0.110. The Morgan fingerprint density at radius 3 is 2.35 bits per heavy atom. The van der Waals surface area contributed by atoms with E-state index in [1.807, 2.05) is 0 Å². The van der Waals surface area contributed by atoms with Crippen LogP contribution in [-0.2, 0) is 0 Å². The lowest BCUT2D eigenvalue weighted by atomic mass is 9.62. The summed E-state index contributed by atoms with van der Waals surface area (Å²) in [6.07, 6.45) is 9.76. The van der Waals surface area contributed by atoms with Crippen molar-refractivity contribution in [1.29, 1.82) is 0 Å². The third-order valence-corrected chi connectivity index (χ3v) is 8.25. The van der Waals surface area contributed by atoms with E-state index < -0.39 is 0 Å². The molecule has 3 aliphatic rings. The summed E-state index contributed by atoms with van der Waals surface area (Å²) in [4.78, 5) is 1.46. The van der Waals surface area contributed by atoms with Crippen LogP contribution in [0.3, 0.4) is 0 Å². The molecule has 1 spiro atoms. The Hall–Kier alpha value is 0.570. The first kappa shape index (κ1) is 12.6. The van der Waals surface area contributed by atoms with E-state index in [1.165, 1.54) is 49.8 Å². The van der Waals surface area contributed by atoms with Gasteiger partial charge >= 0.3 is 0 Å². The third-order valence-electron chi connectivity index (χ3n) is 6.49. The smallest absolute Gasteiger partial charge is 0.0173 e. The molecule has 0 aliphatic heterocycles. The standard InChI is InChI=1S/C15H23BrS/c1-13(2)11-6-9-15(13,10-16)12(17)14(11)7-4-3-5-8-14/h11H,3-10H2,1-2H3. The van der Waals surface area contributed by atoms with Crippen molar-refractivity contribution in [3.63, 3.8) is 0 Å². The quantitative estimate of drug-likeness (QED) is 0.477. The summed E-state index contributed by atoms with van der Waals surface area (Å²) in [6.45, 7) is 4.98. The van der Waals surface area contributed by atoms with Gasteiger partial charge in [0.15, 0.2) is 0 Å². The highest BCUT2D eigenvalue weighted by molar-refractivity contribution is 9.09. The minimum atomic E-state index is 0.324. The first-order valence-electron chi connectivity index (χ1n) is 7.12. The summed E-state index contributed by atoms with van der Waals surface area (Å²) < 4.78 is 0. The third kappa shape index (κ3) is 1.27. The van der Waals surface area contributed by atoms with Crippen molar-refractivity contribution in [2.75, 3.05) is 5.33 Å². The molecule has 17 heavy (non-hydrogen) atoms. The average molecular weight is 315 g/mol. The van der Waals surface area contributed by atoms with Crippen LogP contribution in [0.15, 0.2) is 0 Å². The molecule has 0 amide bonds. The van der Waals surface area contributed by atoms with E-state index in [4.69, 9.17) is 12.2 Å².